The summed E-state index contributed by atoms with van der Waals surface area (Å²) in [5.41, 5.74) is 9.39. The van der Waals surface area contributed by atoms with Crippen molar-refractivity contribution in [2.24, 2.45) is 0 Å². The zero-order valence-corrected chi connectivity index (χ0v) is 8.90. The minimum Gasteiger partial charge on any atom is -0.383 e. The van der Waals surface area contributed by atoms with Gasteiger partial charge in [-0.25, -0.2) is 4.98 Å². The van der Waals surface area contributed by atoms with E-state index in [1.165, 1.54) is 19.3 Å². The standard InChI is InChI=1S/C12H15N3/c1-8-4-2-7-10-14-11(9-5-3-6-9)12(13)15(8)10/h2,4,7,9H,3,5-6,13H2,1H3. The first kappa shape index (κ1) is 8.77. The third-order valence-electron chi connectivity index (χ3n) is 3.39. The Kier molecular flexibility index (Phi) is 1.75. The van der Waals surface area contributed by atoms with Crippen LogP contribution in [0.15, 0.2) is 18.2 Å². The van der Waals surface area contributed by atoms with Crippen LogP contribution in [0.5, 0.6) is 0 Å². The van der Waals surface area contributed by atoms with Gasteiger partial charge in [0.1, 0.15) is 11.5 Å². The second-order valence-corrected chi connectivity index (χ2v) is 4.37. The molecule has 15 heavy (non-hydrogen) atoms. The third-order valence-corrected chi connectivity index (χ3v) is 3.39. The lowest BCUT2D eigenvalue weighted by Gasteiger charge is -2.23. The van der Waals surface area contributed by atoms with Crippen LogP contribution < -0.4 is 5.73 Å². The molecule has 3 rings (SSSR count). The Balaban J connectivity index is 2.24. The highest BCUT2D eigenvalue weighted by atomic mass is 15.1. The van der Waals surface area contributed by atoms with E-state index >= 15 is 0 Å². The summed E-state index contributed by atoms with van der Waals surface area (Å²) < 4.78 is 2.05. The molecule has 0 unspecified atom stereocenters. The van der Waals surface area contributed by atoms with Gasteiger partial charge in [-0.15, -0.1) is 0 Å². The maximum atomic E-state index is 6.15. The zero-order valence-electron chi connectivity index (χ0n) is 8.90. The first-order valence-corrected chi connectivity index (χ1v) is 5.51. The van der Waals surface area contributed by atoms with Crippen molar-refractivity contribution in [1.82, 2.24) is 9.38 Å². The number of aryl methyl sites for hydroxylation is 1. The van der Waals surface area contributed by atoms with Gasteiger partial charge in [0.2, 0.25) is 0 Å². The Labute approximate surface area is 88.9 Å². The molecule has 1 aliphatic carbocycles. The lowest BCUT2D eigenvalue weighted by molar-refractivity contribution is 0.414. The average Bonchev–Trinajstić information content (AvgIpc) is 2.43. The minimum absolute atomic E-state index is 0.601. The van der Waals surface area contributed by atoms with Gasteiger partial charge < -0.3 is 5.73 Å². The average molecular weight is 201 g/mol. The van der Waals surface area contributed by atoms with E-state index in [0.29, 0.717) is 5.92 Å². The van der Waals surface area contributed by atoms with Crippen molar-refractivity contribution in [3.05, 3.63) is 29.6 Å². The number of fused-ring (bicyclic) bond motifs is 1. The molecule has 3 heteroatoms. The van der Waals surface area contributed by atoms with E-state index in [0.717, 1.165) is 22.9 Å². The Morgan fingerprint density at radius 3 is 2.80 bits per heavy atom. The van der Waals surface area contributed by atoms with E-state index < -0.39 is 0 Å². The van der Waals surface area contributed by atoms with Crippen LogP contribution in [0.1, 0.15) is 36.6 Å². The molecule has 0 aromatic carbocycles. The van der Waals surface area contributed by atoms with E-state index in [9.17, 15) is 0 Å². The molecule has 0 atom stereocenters. The van der Waals surface area contributed by atoms with Crippen molar-refractivity contribution in [2.45, 2.75) is 32.1 Å². The Bertz CT molecular complexity index is 509. The van der Waals surface area contributed by atoms with Gasteiger partial charge in [0, 0.05) is 11.6 Å². The minimum atomic E-state index is 0.601. The molecule has 0 amide bonds. The molecule has 2 aromatic heterocycles. The topological polar surface area (TPSA) is 43.3 Å². The van der Waals surface area contributed by atoms with Crippen molar-refractivity contribution in [2.75, 3.05) is 5.73 Å². The van der Waals surface area contributed by atoms with Crippen LogP contribution in [0.2, 0.25) is 0 Å². The van der Waals surface area contributed by atoms with Crippen LogP contribution in [0, 0.1) is 6.92 Å². The van der Waals surface area contributed by atoms with Crippen molar-refractivity contribution < 1.29 is 0 Å². The molecule has 78 valence electrons. The maximum Gasteiger partial charge on any atom is 0.138 e. The van der Waals surface area contributed by atoms with Crippen LogP contribution in [0.4, 0.5) is 5.82 Å². The fourth-order valence-corrected chi connectivity index (χ4v) is 2.28. The normalized spacial score (nSPS) is 16.9. The summed E-state index contributed by atoms with van der Waals surface area (Å²) >= 11 is 0. The van der Waals surface area contributed by atoms with Crippen molar-refractivity contribution in [3.8, 4) is 0 Å². The fraction of sp³-hybridized carbons (Fsp3) is 0.417. The van der Waals surface area contributed by atoms with Crippen molar-refractivity contribution in [1.29, 1.82) is 0 Å². The molecule has 0 spiro atoms. The van der Waals surface area contributed by atoms with Crippen LogP contribution in [0.25, 0.3) is 5.65 Å². The SMILES string of the molecule is Cc1cccc2nc(C3CCC3)c(N)n12. The molecule has 2 heterocycles. The molecule has 2 aromatic rings. The second kappa shape index (κ2) is 2.99. The number of nitrogen functional groups attached to an aromatic ring is 1. The number of rotatable bonds is 1. The summed E-state index contributed by atoms with van der Waals surface area (Å²) in [6, 6.07) is 6.11. The van der Waals surface area contributed by atoms with Crippen LogP contribution in [-0.4, -0.2) is 9.38 Å². The monoisotopic (exact) mass is 201 g/mol. The van der Waals surface area contributed by atoms with E-state index in [2.05, 4.69) is 18.0 Å². The van der Waals surface area contributed by atoms with Crippen LogP contribution >= 0.6 is 0 Å². The maximum absolute atomic E-state index is 6.15. The third kappa shape index (κ3) is 1.16. The molecule has 1 saturated carbocycles. The number of hydrogen-bond donors (Lipinski definition) is 1. The number of aromatic nitrogens is 2. The molecule has 2 N–H and O–H groups in total. The molecule has 0 bridgehead atoms. The van der Waals surface area contributed by atoms with E-state index in [1.807, 2.05) is 16.5 Å². The predicted molar refractivity (Wildman–Crippen MR) is 60.9 cm³/mol. The van der Waals surface area contributed by atoms with Crippen LogP contribution in [-0.2, 0) is 0 Å². The van der Waals surface area contributed by atoms with E-state index in [-0.39, 0.29) is 0 Å². The van der Waals surface area contributed by atoms with Gasteiger partial charge in [0.15, 0.2) is 0 Å². The van der Waals surface area contributed by atoms with Crippen molar-refractivity contribution in [3.63, 3.8) is 0 Å². The summed E-state index contributed by atoms with van der Waals surface area (Å²) in [4.78, 5) is 4.63. The van der Waals surface area contributed by atoms with Gasteiger partial charge in [0.05, 0.1) is 5.69 Å². The number of nitrogens with zero attached hydrogens (tertiary/aromatic N) is 2. The lowest BCUT2D eigenvalue weighted by Crippen LogP contribution is -2.11. The molecular formula is C12H15N3. The Morgan fingerprint density at radius 1 is 1.40 bits per heavy atom. The fourth-order valence-electron chi connectivity index (χ4n) is 2.28. The van der Waals surface area contributed by atoms with E-state index in [4.69, 9.17) is 5.73 Å². The molecular weight excluding hydrogens is 186 g/mol. The number of hydrogen-bond acceptors (Lipinski definition) is 2. The number of imidazole rings is 1. The summed E-state index contributed by atoms with van der Waals surface area (Å²) in [5, 5.41) is 0. The highest BCUT2D eigenvalue weighted by molar-refractivity contribution is 5.55. The second-order valence-electron chi connectivity index (χ2n) is 4.37. The van der Waals surface area contributed by atoms with Gasteiger partial charge in [0.25, 0.3) is 0 Å². The summed E-state index contributed by atoms with van der Waals surface area (Å²) in [6.45, 7) is 2.07. The van der Waals surface area contributed by atoms with Gasteiger partial charge in [-0.2, -0.15) is 0 Å². The number of nitrogens with two attached hydrogens (primary N) is 1. The zero-order chi connectivity index (χ0) is 10.4. The molecule has 3 nitrogen and oxygen atoms in total. The Morgan fingerprint density at radius 2 is 2.20 bits per heavy atom. The largest absolute Gasteiger partial charge is 0.383 e. The van der Waals surface area contributed by atoms with Gasteiger partial charge in [-0.3, -0.25) is 4.40 Å². The first-order valence-electron chi connectivity index (χ1n) is 5.51. The summed E-state index contributed by atoms with van der Waals surface area (Å²) in [5.74, 6) is 1.44. The van der Waals surface area contributed by atoms with Gasteiger partial charge >= 0.3 is 0 Å². The lowest BCUT2D eigenvalue weighted by atomic mass is 9.83. The van der Waals surface area contributed by atoms with Crippen LogP contribution in [0.3, 0.4) is 0 Å². The highest BCUT2D eigenvalue weighted by Crippen LogP contribution is 2.38. The highest BCUT2D eigenvalue weighted by Gasteiger charge is 2.25. The number of anilines is 1. The molecule has 0 saturated heterocycles. The molecule has 1 fully saturated rings. The quantitative estimate of drug-likeness (QED) is 0.770. The Hall–Kier alpha value is -1.51. The first-order chi connectivity index (χ1) is 7.27. The molecule has 1 aliphatic rings. The predicted octanol–water partition coefficient (Wildman–Crippen LogP) is 2.49. The molecule has 0 radical (unpaired) electrons. The van der Waals surface area contributed by atoms with Gasteiger partial charge in [-0.1, -0.05) is 12.5 Å². The smallest absolute Gasteiger partial charge is 0.138 e. The van der Waals surface area contributed by atoms with Crippen molar-refractivity contribution >= 4 is 11.5 Å². The number of pyridine rings is 1. The summed E-state index contributed by atoms with van der Waals surface area (Å²) in [6.07, 6.45) is 3.80. The molecule has 0 aliphatic heterocycles. The van der Waals surface area contributed by atoms with E-state index in [1.54, 1.807) is 0 Å². The summed E-state index contributed by atoms with van der Waals surface area (Å²) in [7, 11) is 0. The van der Waals surface area contributed by atoms with Gasteiger partial charge in [-0.05, 0) is 31.9 Å².